The largest absolute Gasteiger partial charge is 0.393 e. The normalized spacial score (nSPS) is 25.5. The summed E-state index contributed by atoms with van der Waals surface area (Å²) in [5.74, 6) is 0. The molecule has 17 heavy (non-hydrogen) atoms. The maximum absolute atomic E-state index is 9.41. The summed E-state index contributed by atoms with van der Waals surface area (Å²) < 4.78 is 7.86. The number of nitrogens with zero attached hydrogens (tertiary/aromatic N) is 2. The monoisotopic (exact) mass is 252 g/mol. The Morgan fingerprint density at radius 3 is 3.00 bits per heavy atom. The highest BCUT2D eigenvalue weighted by molar-refractivity contribution is 7.15. The first-order valence-electron chi connectivity index (χ1n) is 6.02. The van der Waals surface area contributed by atoms with Crippen LogP contribution in [-0.4, -0.2) is 26.7 Å². The molecule has 0 aliphatic heterocycles. The summed E-state index contributed by atoms with van der Waals surface area (Å²) in [6.45, 7) is 0.579. The molecule has 1 aliphatic carbocycles. The van der Waals surface area contributed by atoms with Crippen molar-refractivity contribution in [3.05, 3.63) is 23.5 Å². The molecular formula is C12H16N2O2S. The number of hydrogen-bond acceptors (Lipinski definition) is 4. The van der Waals surface area contributed by atoms with Crippen LogP contribution in [0.15, 0.2) is 17.8 Å². The minimum atomic E-state index is -0.118. The minimum Gasteiger partial charge on any atom is -0.393 e. The van der Waals surface area contributed by atoms with Gasteiger partial charge in [0.1, 0.15) is 0 Å². The Kier molecular flexibility index (Phi) is 3.13. The Morgan fingerprint density at radius 1 is 1.41 bits per heavy atom. The predicted molar refractivity (Wildman–Crippen MR) is 66.1 cm³/mol. The van der Waals surface area contributed by atoms with Crippen molar-refractivity contribution in [2.75, 3.05) is 0 Å². The summed E-state index contributed by atoms with van der Waals surface area (Å²) in [6.07, 6.45) is 7.85. The van der Waals surface area contributed by atoms with E-state index in [1.54, 1.807) is 11.3 Å². The van der Waals surface area contributed by atoms with Gasteiger partial charge in [-0.2, -0.15) is 0 Å². The number of aliphatic hydroxyl groups excluding tert-OH is 1. The number of aliphatic hydroxyl groups is 1. The number of thiazole rings is 1. The molecule has 4 nitrogen and oxygen atoms in total. The molecule has 1 saturated carbocycles. The quantitative estimate of drug-likeness (QED) is 0.911. The Balaban J connectivity index is 1.55. The molecule has 1 N–H and O–H groups in total. The molecule has 0 bridgehead atoms. The Morgan fingerprint density at radius 2 is 2.24 bits per heavy atom. The van der Waals surface area contributed by atoms with E-state index in [0.717, 1.165) is 36.3 Å². The van der Waals surface area contributed by atoms with Crippen LogP contribution in [0.1, 0.15) is 31.4 Å². The van der Waals surface area contributed by atoms with Crippen molar-refractivity contribution in [3.8, 4) is 0 Å². The smallest absolute Gasteiger partial charge is 0.193 e. The van der Waals surface area contributed by atoms with Gasteiger partial charge in [0.2, 0.25) is 0 Å². The lowest BCUT2D eigenvalue weighted by Gasteiger charge is -2.25. The van der Waals surface area contributed by atoms with Crippen LogP contribution in [0.4, 0.5) is 0 Å². The summed E-state index contributed by atoms with van der Waals surface area (Å²) in [4.78, 5) is 5.50. The van der Waals surface area contributed by atoms with Gasteiger partial charge in [0, 0.05) is 17.8 Å². The Hall–Kier alpha value is -0.910. The number of hydrogen-bond donors (Lipinski definition) is 1. The van der Waals surface area contributed by atoms with Gasteiger partial charge < -0.3 is 9.84 Å². The van der Waals surface area contributed by atoms with Gasteiger partial charge in [0.05, 0.1) is 24.5 Å². The zero-order valence-corrected chi connectivity index (χ0v) is 10.4. The molecule has 5 heteroatoms. The molecular weight excluding hydrogens is 236 g/mol. The van der Waals surface area contributed by atoms with Gasteiger partial charge in [-0.25, -0.2) is 4.98 Å². The highest BCUT2D eigenvalue weighted by Gasteiger charge is 2.20. The second kappa shape index (κ2) is 4.76. The zero-order valence-electron chi connectivity index (χ0n) is 9.58. The fourth-order valence-electron chi connectivity index (χ4n) is 2.26. The van der Waals surface area contributed by atoms with Gasteiger partial charge in [0.25, 0.3) is 0 Å². The molecule has 92 valence electrons. The number of imidazole rings is 1. The van der Waals surface area contributed by atoms with E-state index in [9.17, 15) is 5.11 Å². The second-order valence-electron chi connectivity index (χ2n) is 4.57. The average molecular weight is 252 g/mol. The van der Waals surface area contributed by atoms with Gasteiger partial charge in [-0.1, -0.05) is 0 Å². The lowest BCUT2D eigenvalue weighted by Crippen LogP contribution is -2.24. The highest BCUT2D eigenvalue weighted by atomic mass is 32.1. The van der Waals surface area contributed by atoms with Crippen molar-refractivity contribution >= 4 is 16.3 Å². The molecule has 0 saturated heterocycles. The molecule has 2 aromatic rings. The van der Waals surface area contributed by atoms with Crippen LogP contribution >= 0.6 is 11.3 Å². The first-order valence-corrected chi connectivity index (χ1v) is 6.90. The molecule has 2 heterocycles. The maximum Gasteiger partial charge on any atom is 0.193 e. The molecule has 0 aromatic carbocycles. The van der Waals surface area contributed by atoms with Gasteiger partial charge in [-0.3, -0.25) is 4.40 Å². The molecule has 0 unspecified atom stereocenters. The lowest BCUT2D eigenvalue weighted by atomic mass is 9.95. The van der Waals surface area contributed by atoms with Crippen molar-refractivity contribution in [2.45, 2.75) is 44.5 Å². The van der Waals surface area contributed by atoms with Gasteiger partial charge in [-0.05, 0) is 25.7 Å². The van der Waals surface area contributed by atoms with Gasteiger partial charge in [0.15, 0.2) is 4.96 Å². The van der Waals surface area contributed by atoms with Crippen LogP contribution in [-0.2, 0) is 11.3 Å². The summed E-state index contributed by atoms with van der Waals surface area (Å²) in [6, 6.07) is 0. The lowest BCUT2D eigenvalue weighted by molar-refractivity contribution is -0.0128. The van der Waals surface area contributed by atoms with Crippen molar-refractivity contribution in [1.82, 2.24) is 9.38 Å². The molecule has 2 aromatic heterocycles. The SMILES string of the molecule is OC1CCC(OCc2cn3ccsc3n2)CC1. The Bertz CT molecular complexity index is 457. The van der Waals surface area contributed by atoms with Crippen molar-refractivity contribution in [3.63, 3.8) is 0 Å². The molecule has 0 radical (unpaired) electrons. The molecule has 0 spiro atoms. The third-order valence-electron chi connectivity index (χ3n) is 3.25. The van der Waals surface area contributed by atoms with E-state index in [4.69, 9.17) is 4.74 Å². The summed E-state index contributed by atoms with van der Waals surface area (Å²) >= 11 is 1.63. The summed E-state index contributed by atoms with van der Waals surface area (Å²) in [7, 11) is 0. The van der Waals surface area contributed by atoms with Gasteiger partial charge in [-0.15, -0.1) is 11.3 Å². The third kappa shape index (κ3) is 2.51. The van der Waals surface area contributed by atoms with E-state index >= 15 is 0 Å². The van der Waals surface area contributed by atoms with Crippen LogP contribution in [0.2, 0.25) is 0 Å². The van der Waals surface area contributed by atoms with Crippen LogP contribution in [0, 0.1) is 0 Å². The van der Waals surface area contributed by atoms with E-state index in [-0.39, 0.29) is 12.2 Å². The maximum atomic E-state index is 9.41. The third-order valence-corrected chi connectivity index (χ3v) is 4.02. The number of ether oxygens (including phenoxy) is 1. The highest BCUT2D eigenvalue weighted by Crippen LogP contribution is 2.22. The van der Waals surface area contributed by atoms with E-state index in [1.165, 1.54) is 0 Å². The van der Waals surface area contributed by atoms with Crippen molar-refractivity contribution < 1.29 is 9.84 Å². The molecule has 3 rings (SSSR count). The van der Waals surface area contributed by atoms with Crippen LogP contribution in [0.5, 0.6) is 0 Å². The number of fused-ring (bicyclic) bond motifs is 1. The fourth-order valence-corrected chi connectivity index (χ4v) is 2.98. The molecule has 0 atom stereocenters. The predicted octanol–water partition coefficient (Wildman–Crippen LogP) is 2.22. The topological polar surface area (TPSA) is 46.8 Å². The second-order valence-corrected chi connectivity index (χ2v) is 5.44. The molecule has 0 amide bonds. The van der Waals surface area contributed by atoms with Crippen molar-refractivity contribution in [2.24, 2.45) is 0 Å². The van der Waals surface area contributed by atoms with Crippen LogP contribution in [0.3, 0.4) is 0 Å². The van der Waals surface area contributed by atoms with E-state index in [1.807, 2.05) is 22.2 Å². The first-order chi connectivity index (χ1) is 8.31. The zero-order chi connectivity index (χ0) is 11.7. The fraction of sp³-hybridized carbons (Fsp3) is 0.583. The van der Waals surface area contributed by atoms with Gasteiger partial charge >= 0.3 is 0 Å². The Labute approximate surface area is 104 Å². The molecule has 1 aliphatic rings. The van der Waals surface area contributed by atoms with E-state index < -0.39 is 0 Å². The summed E-state index contributed by atoms with van der Waals surface area (Å²) in [5, 5.41) is 11.4. The number of rotatable bonds is 3. The molecule has 1 fully saturated rings. The van der Waals surface area contributed by atoms with Crippen molar-refractivity contribution in [1.29, 1.82) is 0 Å². The average Bonchev–Trinajstić information content (AvgIpc) is 2.88. The number of aromatic nitrogens is 2. The minimum absolute atomic E-state index is 0.118. The van der Waals surface area contributed by atoms with E-state index in [0.29, 0.717) is 6.61 Å². The first kappa shape index (κ1) is 11.2. The van der Waals surface area contributed by atoms with E-state index in [2.05, 4.69) is 4.98 Å². The van der Waals surface area contributed by atoms with Crippen LogP contribution < -0.4 is 0 Å². The summed E-state index contributed by atoms with van der Waals surface area (Å²) in [5.41, 5.74) is 0.989. The standard InChI is InChI=1S/C12H16N2O2S/c15-10-1-3-11(4-2-10)16-8-9-7-14-5-6-17-12(14)13-9/h5-7,10-11,15H,1-4,8H2. The van der Waals surface area contributed by atoms with Crippen LogP contribution in [0.25, 0.3) is 4.96 Å².